The summed E-state index contributed by atoms with van der Waals surface area (Å²) in [4.78, 5) is 11.2. The SMILES string of the molecule is O=C1OCCC1c1ccccc1.OCCC(CO)c1ccccc1. The Hall–Kier alpha value is -2.17. The smallest absolute Gasteiger partial charge is 0.313 e. The van der Waals surface area contributed by atoms with E-state index in [9.17, 15) is 4.79 Å². The highest BCUT2D eigenvalue weighted by atomic mass is 16.5. The number of aliphatic hydroxyl groups is 2. The molecule has 1 aliphatic heterocycles. The van der Waals surface area contributed by atoms with Crippen molar-refractivity contribution in [3.63, 3.8) is 0 Å². The van der Waals surface area contributed by atoms with Gasteiger partial charge in [-0.05, 0) is 24.0 Å². The first-order chi connectivity index (χ1) is 11.8. The monoisotopic (exact) mass is 328 g/mol. The number of benzene rings is 2. The quantitative estimate of drug-likeness (QED) is 0.828. The van der Waals surface area contributed by atoms with Gasteiger partial charge in [-0.2, -0.15) is 0 Å². The highest BCUT2D eigenvalue weighted by Crippen LogP contribution is 2.25. The molecule has 1 heterocycles. The van der Waals surface area contributed by atoms with Gasteiger partial charge < -0.3 is 14.9 Å². The van der Waals surface area contributed by atoms with E-state index < -0.39 is 0 Å². The number of carbonyl (C=O) groups is 1. The minimum Gasteiger partial charge on any atom is -0.465 e. The molecule has 0 spiro atoms. The van der Waals surface area contributed by atoms with Crippen LogP contribution in [0.25, 0.3) is 0 Å². The molecule has 128 valence electrons. The summed E-state index contributed by atoms with van der Waals surface area (Å²) < 4.78 is 4.88. The van der Waals surface area contributed by atoms with Gasteiger partial charge in [-0.3, -0.25) is 4.79 Å². The summed E-state index contributed by atoms with van der Waals surface area (Å²) in [5.74, 6) is -0.0244. The highest BCUT2D eigenvalue weighted by molar-refractivity contribution is 5.79. The molecule has 2 aromatic rings. The topological polar surface area (TPSA) is 66.8 Å². The van der Waals surface area contributed by atoms with E-state index in [-0.39, 0.29) is 31.0 Å². The van der Waals surface area contributed by atoms with Crippen LogP contribution >= 0.6 is 0 Å². The summed E-state index contributed by atoms with van der Waals surface area (Å²) in [6.45, 7) is 0.795. The maximum absolute atomic E-state index is 11.2. The van der Waals surface area contributed by atoms with E-state index in [0.29, 0.717) is 13.0 Å². The van der Waals surface area contributed by atoms with Crippen molar-refractivity contribution in [2.45, 2.75) is 24.7 Å². The molecule has 0 amide bonds. The van der Waals surface area contributed by atoms with Gasteiger partial charge >= 0.3 is 5.97 Å². The van der Waals surface area contributed by atoms with Crippen LogP contribution in [0.3, 0.4) is 0 Å². The van der Waals surface area contributed by atoms with Crippen LogP contribution in [0.2, 0.25) is 0 Å². The van der Waals surface area contributed by atoms with Gasteiger partial charge in [0.1, 0.15) is 0 Å². The Morgan fingerprint density at radius 3 is 2.12 bits per heavy atom. The summed E-state index contributed by atoms with van der Waals surface area (Å²) >= 11 is 0. The lowest BCUT2D eigenvalue weighted by Crippen LogP contribution is -2.05. The molecule has 0 aromatic heterocycles. The van der Waals surface area contributed by atoms with Crippen molar-refractivity contribution in [2.75, 3.05) is 19.8 Å². The van der Waals surface area contributed by atoms with Crippen molar-refractivity contribution < 1.29 is 19.7 Å². The minimum atomic E-state index is -0.0822. The lowest BCUT2D eigenvalue weighted by atomic mass is 9.97. The van der Waals surface area contributed by atoms with E-state index in [1.54, 1.807) is 0 Å². The fraction of sp³-hybridized carbons (Fsp3) is 0.350. The largest absolute Gasteiger partial charge is 0.465 e. The van der Waals surface area contributed by atoms with Gasteiger partial charge in [-0.1, -0.05) is 60.7 Å². The number of cyclic esters (lactones) is 1. The number of carbonyl (C=O) groups excluding carboxylic acids is 1. The van der Waals surface area contributed by atoms with Crippen LogP contribution in [0.5, 0.6) is 0 Å². The van der Waals surface area contributed by atoms with Gasteiger partial charge in [-0.15, -0.1) is 0 Å². The predicted octanol–water partition coefficient (Wildman–Crippen LogP) is 2.86. The Kier molecular flexibility index (Phi) is 7.46. The molecule has 1 fully saturated rings. The van der Waals surface area contributed by atoms with Gasteiger partial charge in [0.05, 0.1) is 19.1 Å². The second-order valence-corrected chi connectivity index (χ2v) is 5.72. The molecule has 1 saturated heterocycles. The van der Waals surface area contributed by atoms with Gasteiger partial charge in [0.2, 0.25) is 0 Å². The van der Waals surface area contributed by atoms with Crippen molar-refractivity contribution in [1.29, 1.82) is 0 Å². The first-order valence-corrected chi connectivity index (χ1v) is 8.24. The third-order valence-electron chi connectivity index (χ3n) is 4.11. The van der Waals surface area contributed by atoms with Crippen molar-refractivity contribution in [3.8, 4) is 0 Å². The zero-order valence-electron chi connectivity index (χ0n) is 13.7. The molecule has 0 aliphatic carbocycles. The van der Waals surface area contributed by atoms with E-state index in [2.05, 4.69) is 0 Å². The van der Waals surface area contributed by atoms with Gasteiger partial charge in [-0.25, -0.2) is 0 Å². The van der Waals surface area contributed by atoms with Crippen molar-refractivity contribution in [1.82, 2.24) is 0 Å². The molecular formula is C20H24O4. The molecule has 4 heteroatoms. The summed E-state index contributed by atoms with van der Waals surface area (Å²) in [5.41, 5.74) is 2.16. The minimum absolute atomic E-state index is 0.0220. The Morgan fingerprint density at radius 2 is 1.62 bits per heavy atom. The zero-order valence-corrected chi connectivity index (χ0v) is 13.7. The Labute approximate surface area is 142 Å². The van der Waals surface area contributed by atoms with Crippen LogP contribution in [-0.4, -0.2) is 36.0 Å². The molecule has 24 heavy (non-hydrogen) atoms. The third-order valence-corrected chi connectivity index (χ3v) is 4.11. The number of esters is 1. The summed E-state index contributed by atoms with van der Waals surface area (Å²) in [6, 6.07) is 19.5. The van der Waals surface area contributed by atoms with E-state index >= 15 is 0 Å². The molecule has 1 aliphatic rings. The maximum atomic E-state index is 11.2. The van der Waals surface area contributed by atoms with Crippen LogP contribution < -0.4 is 0 Å². The van der Waals surface area contributed by atoms with Crippen LogP contribution in [0.15, 0.2) is 60.7 Å². The Balaban J connectivity index is 0.000000174. The summed E-state index contributed by atoms with van der Waals surface area (Å²) in [7, 11) is 0. The number of hydrogen-bond acceptors (Lipinski definition) is 4. The van der Waals surface area contributed by atoms with Crippen molar-refractivity contribution >= 4 is 5.97 Å². The summed E-state index contributed by atoms with van der Waals surface area (Å²) in [5, 5.41) is 17.7. The fourth-order valence-corrected chi connectivity index (χ4v) is 2.73. The van der Waals surface area contributed by atoms with Crippen LogP contribution in [0.4, 0.5) is 0 Å². The Bertz CT molecular complexity index is 598. The average Bonchev–Trinajstić information content (AvgIpc) is 3.08. The number of aliphatic hydroxyl groups excluding tert-OH is 2. The first kappa shape index (κ1) is 18.2. The predicted molar refractivity (Wildman–Crippen MR) is 92.7 cm³/mol. The molecule has 2 atom stereocenters. The van der Waals surface area contributed by atoms with E-state index in [0.717, 1.165) is 17.5 Å². The molecule has 4 nitrogen and oxygen atoms in total. The molecule has 2 N–H and O–H groups in total. The molecule has 0 radical (unpaired) electrons. The molecular weight excluding hydrogens is 304 g/mol. The summed E-state index contributed by atoms with van der Waals surface area (Å²) in [6.07, 6.45) is 1.45. The van der Waals surface area contributed by atoms with Crippen molar-refractivity contribution in [2.24, 2.45) is 0 Å². The zero-order chi connectivity index (χ0) is 17.2. The molecule has 3 rings (SSSR count). The van der Waals surface area contributed by atoms with Crippen LogP contribution in [0.1, 0.15) is 35.8 Å². The first-order valence-electron chi connectivity index (χ1n) is 8.24. The van der Waals surface area contributed by atoms with E-state index in [4.69, 9.17) is 14.9 Å². The van der Waals surface area contributed by atoms with Crippen LogP contribution in [-0.2, 0) is 9.53 Å². The third kappa shape index (κ3) is 5.18. The second-order valence-electron chi connectivity index (χ2n) is 5.72. The molecule has 0 bridgehead atoms. The highest BCUT2D eigenvalue weighted by Gasteiger charge is 2.27. The maximum Gasteiger partial charge on any atom is 0.313 e. The second kappa shape index (κ2) is 9.85. The molecule has 2 aromatic carbocycles. The lowest BCUT2D eigenvalue weighted by molar-refractivity contribution is -0.139. The number of ether oxygens (including phenoxy) is 1. The Morgan fingerprint density at radius 1 is 1.00 bits per heavy atom. The van der Waals surface area contributed by atoms with Crippen molar-refractivity contribution in [3.05, 3.63) is 71.8 Å². The number of hydrogen-bond donors (Lipinski definition) is 2. The molecule has 2 unspecified atom stereocenters. The van der Waals surface area contributed by atoms with E-state index in [1.807, 2.05) is 60.7 Å². The fourth-order valence-electron chi connectivity index (χ4n) is 2.73. The average molecular weight is 328 g/mol. The number of rotatable bonds is 5. The normalized spacial score (nSPS) is 17.6. The van der Waals surface area contributed by atoms with Crippen LogP contribution in [0, 0.1) is 0 Å². The van der Waals surface area contributed by atoms with E-state index in [1.165, 1.54) is 0 Å². The van der Waals surface area contributed by atoms with Gasteiger partial charge in [0.15, 0.2) is 0 Å². The lowest BCUT2D eigenvalue weighted by Gasteiger charge is -2.12. The standard InChI is InChI=1S/C10H10O2.C10H14O2/c11-10-9(6-7-12-10)8-4-2-1-3-5-8;11-7-6-10(8-12)9-4-2-1-3-5-9/h1-5,9H,6-7H2;1-5,10-12H,6-8H2. The van der Waals surface area contributed by atoms with Gasteiger partial charge in [0, 0.05) is 12.5 Å². The molecule has 0 saturated carbocycles. The van der Waals surface area contributed by atoms with Gasteiger partial charge in [0.25, 0.3) is 0 Å².